The quantitative estimate of drug-likeness (QED) is 0.671. The molecule has 1 aliphatic rings. The van der Waals surface area contributed by atoms with Gasteiger partial charge in [-0.15, -0.1) is 0 Å². The van der Waals surface area contributed by atoms with Gasteiger partial charge in [-0.2, -0.15) is 0 Å². The molecule has 66 valence electrons. The Hall–Kier alpha value is -0.160. The fourth-order valence-corrected chi connectivity index (χ4v) is 2.14. The molecule has 1 rings (SSSR count). The van der Waals surface area contributed by atoms with Crippen LogP contribution in [0.4, 0.5) is 4.39 Å². The highest BCUT2D eigenvalue weighted by Gasteiger charge is 2.28. The van der Waals surface area contributed by atoms with E-state index in [9.17, 15) is 12.8 Å². The van der Waals surface area contributed by atoms with Crippen molar-refractivity contribution in [1.82, 2.24) is 4.72 Å². The van der Waals surface area contributed by atoms with Crippen LogP contribution in [0, 0.1) is 0 Å². The smallest absolute Gasteiger partial charge is 0.209 e. The second-order valence-electron chi connectivity index (χ2n) is 2.94. The molecule has 0 aromatic rings. The van der Waals surface area contributed by atoms with Crippen LogP contribution in [0.3, 0.4) is 0 Å². The van der Waals surface area contributed by atoms with Gasteiger partial charge < -0.3 is 0 Å². The predicted octanol–water partition coefficient (Wildman–Crippen LogP) is 0.426. The summed E-state index contributed by atoms with van der Waals surface area (Å²) in [5, 5.41) is 0. The van der Waals surface area contributed by atoms with Gasteiger partial charge in [0, 0.05) is 0 Å². The molecule has 3 nitrogen and oxygen atoms in total. The molecule has 0 saturated heterocycles. The van der Waals surface area contributed by atoms with Crippen molar-refractivity contribution in [3.63, 3.8) is 0 Å². The van der Waals surface area contributed by atoms with E-state index in [1.807, 2.05) is 0 Å². The van der Waals surface area contributed by atoms with Gasteiger partial charge in [0.05, 0.1) is 12.3 Å². The molecule has 0 aromatic carbocycles. The highest BCUT2D eigenvalue weighted by molar-refractivity contribution is 7.88. The normalized spacial score (nSPS) is 32.5. The van der Waals surface area contributed by atoms with Crippen molar-refractivity contribution in [2.45, 2.75) is 31.5 Å². The molecule has 0 radical (unpaired) electrons. The SMILES string of the molecule is CS(=O)(=O)NC1CCCC1F. The van der Waals surface area contributed by atoms with Crippen molar-refractivity contribution in [3.05, 3.63) is 0 Å². The Kier molecular flexibility index (Phi) is 2.49. The summed E-state index contributed by atoms with van der Waals surface area (Å²) in [6, 6.07) is -0.481. The van der Waals surface area contributed by atoms with Crippen LogP contribution >= 0.6 is 0 Å². The molecule has 0 spiro atoms. The van der Waals surface area contributed by atoms with Crippen molar-refractivity contribution in [2.75, 3.05) is 6.26 Å². The average Bonchev–Trinajstić information content (AvgIpc) is 2.12. The van der Waals surface area contributed by atoms with E-state index in [4.69, 9.17) is 0 Å². The van der Waals surface area contributed by atoms with Crippen LogP contribution in [0.25, 0.3) is 0 Å². The maximum atomic E-state index is 12.8. The number of rotatable bonds is 2. The molecule has 11 heavy (non-hydrogen) atoms. The third-order valence-electron chi connectivity index (χ3n) is 1.80. The molecule has 1 fully saturated rings. The Balaban J connectivity index is 2.50. The molecule has 1 aliphatic carbocycles. The summed E-state index contributed by atoms with van der Waals surface area (Å²) >= 11 is 0. The molecule has 0 heterocycles. The molecule has 0 amide bonds. The zero-order valence-electron chi connectivity index (χ0n) is 6.38. The highest BCUT2D eigenvalue weighted by atomic mass is 32.2. The topological polar surface area (TPSA) is 46.2 Å². The number of hydrogen-bond donors (Lipinski definition) is 1. The minimum Gasteiger partial charge on any atom is -0.246 e. The third-order valence-corrected chi connectivity index (χ3v) is 2.53. The van der Waals surface area contributed by atoms with Gasteiger partial charge in [-0.05, 0) is 19.3 Å². The molecule has 2 unspecified atom stereocenters. The first kappa shape index (κ1) is 8.93. The fraction of sp³-hybridized carbons (Fsp3) is 1.00. The van der Waals surface area contributed by atoms with E-state index in [0.717, 1.165) is 12.7 Å². The maximum Gasteiger partial charge on any atom is 0.209 e. The Labute approximate surface area is 66.0 Å². The molecular formula is C6H12FNO2S. The van der Waals surface area contributed by atoms with Gasteiger partial charge in [0.1, 0.15) is 6.17 Å². The van der Waals surface area contributed by atoms with Gasteiger partial charge in [0.15, 0.2) is 0 Å². The van der Waals surface area contributed by atoms with E-state index in [1.54, 1.807) is 0 Å². The number of alkyl halides is 1. The number of nitrogens with one attached hydrogen (secondary N) is 1. The maximum absolute atomic E-state index is 12.8. The van der Waals surface area contributed by atoms with Gasteiger partial charge >= 0.3 is 0 Å². The Morgan fingerprint density at radius 3 is 2.45 bits per heavy atom. The standard InChI is InChI=1S/C6H12FNO2S/c1-11(9,10)8-6-4-2-3-5(6)7/h5-6,8H,2-4H2,1H3. The fourth-order valence-electron chi connectivity index (χ4n) is 1.32. The Bertz CT molecular complexity index is 227. The van der Waals surface area contributed by atoms with Crippen LogP contribution in [-0.4, -0.2) is 26.9 Å². The van der Waals surface area contributed by atoms with E-state index in [1.165, 1.54) is 0 Å². The van der Waals surface area contributed by atoms with Crippen LogP contribution in [0.5, 0.6) is 0 Å². The van der Waals surface area contributed by atoms with E-state index < -0.39 is 22.2 Å². The van der Waals surface area contributed by atoms with E-state index in [2.05, 4.69) is 4.72 Å². The summed E-state index contributed by atoms with van der Waals surface area (Å²) in [4.78, 5) is 0. The lowest BCUT2D eigenvalue weighted by atomic mass is 10.2. The number of hydrogen-bond acceptors (Lipinski definition) is 2. The summed E-state index contributed by atoms with van der Waals surface area (Å²) in [5.74, 6) is 0. The zero-order valence-corrected chi connectivity index (χ0v) is 7.20. The number of sulfonamides is 1. The molecule has 0 aromatic heterocycles. The van der Waals surface area contributed by atoms with E-state index >= 15 is 0 Å². The zero-order chi connectivity index (χ0) is 8.48. The van der Waals surface area contributed by atoms with Crippen molar-refractivity contribution >= 4 is 10.0 Å². The summed E-state index contributed by atoms with van der Waals surface area (Å²) in [7, 11) is -3.23. The Morgan fingerprint density at radius 1 is 1.45 bits per heavy atom. The van der Waals surface area contributed by atoms with Crippen molar-refractivity contribution in [1.29, 1.82) is 0 Å². The first-order chi connectivity index (χ1) is 4.99. The molecule has 1 N–H and O–H groups in total. The lowest BCUT2D eigenvalue weighted by Crippen LogP contribution is -2.37. The first-order valence-electron chi connectivity index (χ1n) is 3.60. The van der Waals surface area contributed by atoms with Crippen LogP contribution in [0.2, 0.25) is 0 Å². The van der Waals surface area contributed by atoms with Crippen LogP contribution < -0.4 is 4.72 Å². The summed E-state index contributed by atoms with van der Waals surface area (Å²) in [6.45, 7) is 0. The van der Waals surface area contributed by atoms with E-state index in [0.29, 0.717) is 12.8 Å². The van der Waals surface area contributed by atoms with Gasteiger partial charge in [-0.1, -0.05) is 0 Å². The molecule has 0 bridgehead atoms. The third kappa shape index (κ3) is 2.75. The monoisotopic (exact) mass is 181 g/mol. The largest absolute Gasteiger partial charge is 0.246 e. The summed E-state index contributed by atoms with van der Waals surface area (Å²) < 4.78 is 36.4. The molecule has 2 atom stereocenters. The second kappa shape index (κ2) is 3.06. The second-order valence-corrected chi connectivity index (χ2v) is 4.72. The lowest BCUT2D eigenvalue weighted by Gasteiger charge is -2.12. The van der Waals surface area contributed by atoms with Gasteiger partial charge in [0.25, 0.3) is 0 Å². The van der Waals surface area contributed by atoms with E-state index in [-0.39, 0.29) is 0 Å². The molecule has 1 saturated carbocycles. The first-order valence-corrected chi connectivity index (χ1v) is 5.49. The molecule has 0 aliphatic heterocycles. The van der Waals surface area contributed by atoms with Crippen molar-refractivity contribution < 1.29 is 12.8 Å². The van der Waals surface area contributed by atoms with Crippen LogP contribution in [0.1, 0.15) is 19.3 Å². The minimum atomic E-state index is -3.23. The lowest BCUT2D eigenvalue weighted by molar-refractivity contribution is 0.300. The van der Waals surface area contributed by atoms with Crippen LogP contribution in [0.15, 0.2) is 0 Å². The molecular weight excluding hydrogens is 169 g/mol. The number of halogens is 1. The highest BCUT2D eigenvalue weighted by Crippen LogP contribution is 2.22. The predicted molar refractivity (Wildman–Crippen MR) is 40.5 cm³/mol. The van der Waals surface area contributed by atoms with Gasteiger partial charge in [-0.3, -0.25) is 0 Å². The average molecular weight is 181 g/mol. The van der Waals surface area contributed by atoms with Crippen LogP contribution in [-0.2, 0) is 10.0 Å². The van der Waals surface area contributed by atoms with Crippen molar-refractivity contribution in [2.24, 2.45) is 0 Å². The van der Waals surface area contributed by atoms with Gasteiger partial charge in [-0.25, -0.2) is 17.5 Å². The minimum absolute atomic E-state index is 0.479. The molecule has 5 heteroatoms. The summed E-state index contributed by atoms with van der Waals surface area (Å²) in [5.41, 5.74) is 0. The summed E-state index contributed by atoms with van der Waals surface area (Å²) in [6.07, 6.45) is 1.93. The Morgan fingerprint density at radius 2 is 2.09 bits per heavy atom. The van der Waals surface area contributed by atoms with Gasteiger partial charge in [0.2, 0.25) is 10.0 Å². The van der Waals surface area contributed by atoms with Crippen molar-refractivity contribution in [3.8, 4) is 0 Å².